The Labute approximate surface area is 106 Å². The van der Waals surface area contributed by atoms with Gasteiger partial charge in [-0.1, -0.05) is 0 Å². The van der Waals surface area contributed by atoms with Crippen LogP contribution in [0.4, 0.5) is 5.69 Å². The van der Waals surface area contributed by atoms with Crippen LogP contribution in [0.1, 0.15) is 12.8 Å². The van der Waals surface area contributed by atoms with Gasteiger partial charge in [0.1, 0.15) is 0 Å². The largest absolute Gasteiger partial charge is 0.423 e. The van der Waals surface area contributed by atoms with Crippen molar-refractivity contribution in [1.82, 2.24) is 15.5 Å². The molecule has 1 unspecified atom stereocenters. The maximum atomic E-state index is 5.16. The molecule has 1 aliphatic rings. The molecule has 5 heteroatoms. The van der Waals surface area contributed by atoms with E-state index in [1.54, 1.807) is 0 Å². The van der Waals surface area contributed by atoms with Crippen molar-refractivity contribution in [3.63, 3.8) is 0 Å². The van der Waals surface area contributed by atoms with Gasteiger partial charge in [0.25, 0.3) is 0 Å². The van der Waals surface area contributed by atoms with Crippen molar-refractivity contribution >= 4 is 5.69 Å². The topological polar surface area (TPSA) is 63.0 Å². The van der Waals surface area contributed by atoms with Crippen LogP contribution in [0.25, 0.3) is 11.5 Å². The number of benzene rings is 1. The second kappa shape index (κ2) is 5.18. The molecule has 0 bridgehead atoms. The van der Waals surface area contributed by atoms with Gasteiger partial charge in [-0.3, -0.25) is 0 Å². The highest BCUT2D eigenvalue weighted by Crippen LogP contribution is 2.20. The van der Waals surface area contributed by atoms with E-state index in [9.17, 15) is 0 Å². The smallest absolute Gasteiger partial charge is 0.247 e. The molecule has 94 valence electrons. The lowest BCUT2D eigenvalue weighted by Gasteiger charge is -2.24. The highest BCUT2D eigenvalue weighted by Gasteiger charge is 2.12. The molecule has 0 radical (unpaired) electrons. The Morgan fingerprint density at radius 1 is 1.28 bits per heavy atom. The van der Waals surface area contributed by atoms with Gasteiger partial charge >= 0.3 is 0 Å². The molecule has 0 aliphatic carbocycles. The molecule has 5 nitrogen and oxygen atoms in total. The molecule has 0 saturated carbocycles. The van der Waals surface area contributed by atoms with Gasteiger partial charge in [0, 0.05) is 23.8 Å². The minimum absolute atomic E-state index is 0.521. The average Bonchev–Trinajstić information content (AvgIpc) is 2.95. The van der Waals surface area contributed by atoms with E-state index in [1.807, 2.05) is 24.3 Å². The fourth-order valence-corrected chi connectivity index (χ4v) is 2.22. The summed E-state index contributed by atoms with van der Waals surface area (Å²) < 4.78 is 5.16. The lowest BCUT2D eigenvalue weighted by Crippen LogP contribution is -2.38. The molecule has 2 N–H and O–H groups in total. The van der Waals surface area contributed by atoms with E-state index < -0.39 is 0 Å². The summed E-state index contributed by atoms with van der Waals surface area (Å²) in [6, 6.07) is 8.61. The van der Waals surface area contributed by atoms with E-state index >= 15 is 0 Å². The third-order valence-corrected chi connectivity index (χ3v) is 3.16. The van der Waals surface area contributed by atoms with Crippen LogP contribution < -0.4 is 10.6 Å². The lowest BCUT2D eigenvalue weighted by atomic mass is 10.1. The zero-order valence-corrected chi connectivity index (χ0v) is 10.1. The van der Waals surface area contributed by atoms with Crippen molar-refractivity contribution in [2.24, 2.45) is 0 Å². The normalized spacial score (nSPS) is 19.7. The first-order valence-electron chi connectivity index (χ1n) is 6.26. The number of nitrogens with one attached hydrogen (secondary N) is 2. The molecule has 1 aromatic heterocycles. The van der Waals surface area contributed by atoms with Crippen LogP contribution >= 0.6 is 0 Å². The molecule has 3 rings (SSSR count). The van der Waals surface area contributed by atoms with Gasteiger partial charge in [0.15, 0.2) is 0 Å². The van der Waals surface area contributed by atoms with Crippen molar-refractivity contribution in [3.05, 3.63) is 30.7 Å². The van der Waals surface area contributed by atoms with Gasteiger partial charge in [0.2, 0.25) is 12.3 Å². The third-order valence-electron chi connectivity index (χ3n) is 3.16. The quantitative estimate of drug-likeness (QED) is 0.863. The minimum atomic E-state index is 0.521. The highest BCUT2D eigenvalue weighted by atomic mass is 16.4. The van der Waals surface area contributed by atoms with E-state index in [0.717, 1.165) is 24.3 Å². The van der Waals surface area contributed by atoms with E-state index in [4.69, 9.17) is 4.42 Å². The predicted octanol–water partition coefficient (Wildman–Crippen LogP) is 1.90. The fraction of sp³-hybridized carbons (Fsp3) is 0.385. The van der Waals surface area contributed by atoms with Gasteiger partial charge in [0.05, 0.1) is 0 Å². The Balaban J connectivity index is 1.67. The van der Waals surface area contributed by atoms with Crippen molar-refractivity contribution in [1.29, 1.82) is 0 Å². The van der Waals surface area contributed by atoms with Crippen LogP contribution in [-0.2, 0) is 0 Å². The summed E-state index contributed by atoms with van der Waals surface area (Å²) in [5.74, 6) is 0.556. The molecular formula is C13H16N4O. The summed E-state index contributed by atoms with van der Waals surface area (Å²) in [5, 5.41) is 14.5. The minimum Gasteiger partial charge on any atom is -0.423 e. The molecule has 0 spiro atoms. The van der Waals surface area contributed by atoms with Crippen LogP contribution in [0.5, 0.6) is 0 Å². The number of hydrogen-bond acceptors (Lipinski definition) is 5. The van der Waals surface area contributed by atoms with Crippen molar-refractivity contribution in [2.45, 2.75) is 18.9 Å². The second-order valence-electron chi connectivity index (χ2n) is 4.51. The van der Waals surface area contributed by atoms with Gasteiger partial charge < -0.3 is 15.1 Å². The molecule has 1 aliphatic heterocycles. The molecule has 1 aromatic carbocycles. The second-order valence-corrected chi connectivity index (χ2v) is 4.51. The molecule has 1 saturated heterocycles. The standard InChI is InChI=1S/C13H16N4O/c1-2-12(8-14-7-1)16-11-5-3-10(4-6-11)13-17-15-9-18-13/h3-6,9,12,14,16H,1-2,7-8H2. The van der Waals surface area contributed by atoms with E-state index in [-0.39, 0.29) is 0 Å². The number of hydrogen-bond donors (Lipinski definition) is 2. The van der Waals surface area contributed by atoms with E-state index in [1.165, 1.54) is 19.2 Å². The first-order valence-corrected chi connectivity index (χ1v) is 6.26. The van der Waals surface area contributed by atoms with Crippen LogP contribution in [0.3, 0.4) is 0 Å². The van der Waals surface area contributed by atoms with Crippen LogP contribution in [0.15, 0.2) is 35.1 Å². The Hall–Kier alpha value is -1.88. The Morgan fingerprint density at radius 2 is 2.17 bits per heavy atom. The summed E-state index contributed by atoms with van der Waals surface area (Å²) in [5.41, 5.74) is 2.08. The summed E-state index contributed by atoms with van der Waals surface area (Å²) in [7, 11) is 0. The van der Waals surface area contributed by atoms with Crippen molar-refractivity contribution in [2.75, 3.05) is 18.4 Å². The lowest BCUT2D eigenvalue weighted by molar-refractivity contribution is 0.480. The molecule has 2 aromatic rings. The Kier molecular flexibility index (Phi) is 3.23. The zero-order valence-electron chi connectivity index (χ0n) is 10.1. The summed E-state index contributed by atoms with van der Waals surface area (Å²) in [6.07, 6.45) is 3.80. The summed E-state index contributed by atoms with van der Waals surface area (Å²) in [4.78, 5) is 0. The average molecular weight is 244 g/mol. The number of nitrogens with zero attached hydrogens (tertiary/aromatic N) is 2. The number of aromatic nitrogens is 2. The number of rotatable bonds is 3. The molecular weight excluding hydrogens is 228 g/mol. The molecule has 2 heterocycles. The fourth-order valence-electron chi connectivity index (χ4n) is 2.22. The molecule has 18 heavy (non-hydrogen) atoms. The van der Waals surface area contributed by atoms with Crippen LogP contribution in [0.2, 0.25) is 0 Å². The van der Waals surface area contributed by atoms with Gasteiger partial charge in [-0.05, 0) is 43.7 Å². The van der Waals surface area contributed by atoms with Crippen LogP contribution in [0, 0.1) is 0 Å². The Morgan fingerprint density at radius 3 is 2.83 bits per heavy atom. The molecule has 1 fully saturated rings. The SMILES string of the molecule is c1nnc(-c2ccc(NC3CCCNC3)cc2)o1. The first kappa shape index (κ1) is 11.2. The van der Waals surface area contributed by atoms with E-state index in [2.05, 4.69) is 20.8 Å². The van der Waals surface area contributed by atoms with Gasteiger partial charge in [-0.2, -0.15) is 0 Å². The number of anilines is 1. The van der Waals surface area contributed by atoms with Crippen LogP contribution in [-0.4, -0.2) is 29.3 Å². The maximum Gasteiger partial charge on any atom is 0.247 e. The summed E-state index contributed by atoms with van der Waals surface area (Å²) >= 11 is 0. The van der Waals surface area contributed by atoms with E-state index in [0.29, 0.717) is 11.9 Å². The maximum absolute atomic E-state index is 5.16. The van der Waals surface area contributed by atoms with Crippen molar-refractivity contribution < 1.29 is 4.42 Å². The van der Waals surface area contributed by atoms with Gasteiger partial charge in [-0.15, -0.1) is 10.2 Å². The van der Waals surface area contributed by atoms with Crippen molar-refractivity contribution in [3.8, 4) is 11.5 Å². The number of piperidine rings is 1. The zero-order chi connectivity index (χ0) is 12.2. The molecule has 1 atom stereocenters. The van der Waals surface area contributed by atoms with Gasteiger partial charge in [-0.25, -0.2) is 0 Å². The molecule has 0 amide bonds. The third kappa shape index (κ3) is 2.51. The highest BCUT2D eigenvalue weighted by molar-refractivity contribution is 5.58. The monoisotopic (exact) mass is 244 g/mol. The predicted molar refractivity (Wildman–Crippen MR) is 69.2 cm³/mol. The first-order chi connectivity index (χ1) is 8.92. The Bertz CT molecular complexity index is 474. The summed E-state index contributed by atoms with van der Waals surface area (Å²) in [6.45, 7) is 2.17.